The van der Waals surface area contributed by atoms with Crippen molar-refractivity contribution < 1.29 is 0 Å². The summed E-state index contributed by atoms with van der Waals surface area (Å²) in [6, 6.07) is 10.0. The van der Waals surface area contributed by atoms with Gasteiger partial charge in [0.1, 0.15) is 5.82 Å². The van der Waals surface area contributed by atoms with Gasteiger partial charge in [-0.25, -0.2) is 4.98 Å². The van der Waals surface area contributed by atoms with E-state index in [2.05, 4.69) is 53.9 Å². The quantitative estimate of drug-likeness (QED) is 0.548. The smallest absolute Gasteiger partial charge is 0.181 e. The fourth-order valence-electron chi connectivity index (χ4n) is 2.65. The molecule has 0 fully saturated rings. The van der Waals surface area contributed by atoms with Gasteiger partial charge < -0.3 is 5.73 Å². The van der Waals surface area contributed by atoms with Crippen LogP contribution in [0.4, 0.5) is 0 Å². The molecule has 1 aromatic carbocycles. The number of hydrogen-bond donors (Lipinski definition) is 2. The Balaban J connectivity index is 0.000000280. The van der Waals surface area contributed by atoms with Crippen molar-refractivity contribution >= 4 is 6.21 Å². The molecule has 164 valence electrons. The lowest BCUT2D eigenvalue weighted by Crippen LogP contribution is -2.03. The molecule has 0 amide bonds. The minimum atomic E-state index is 0.599. The van der Waals surface area contributed by atoms with Crippen molar-refractivity contribution in [2.24, 2.45) is 22.6 Å². The number of nitrogens with zero attached hydrogens (tertiary/aromatic N) is 3. The SMILES string of the molecule is CC.CC(C)CC=NC1=C(N)CCC=C1.CC(C)Cc1nc(-c2ccccc2)n[nH]1. The Morgan fingerprint density at radius 3 is 2.40 bits per heavy atom. The summed E-state index contributed by atoms with van der Waals surface area (Å²) >= 11 is 0. The number of benzene rings is 1. The van der Waals surface area contributed by atoms with E-state index in [1.807, 2.05) is 56.5 Å². The van der Waals surface area contributed by atoms with Crippen LogP contribution in [0.15, 0.2) is 58.9 Å². The number of aromatic nitrogens is 3. The zero-order valence-electron chi connectivity index (χ0n) is 19.5. The Bertz CT molecular complexity index is 798. The van der Waals surface area contributed by atoms with Crippen molar-refractivity contribution in [3.8, 4) is 11.4 Å². The first-order valence-corrected chi connectivity index (χ1v) is 11.1. The highest BCUT2D eigenvalue weighted by Crippen LogP contribution is 2.15. The molecule has 0 unspecified atom stereocenters. The normalized spacial score (nSPS) is 13.3. The molecule has 0 radical (unpaired) electrons. The van der Waals surface area contributed by atoms with Crippen molar-refractivity contribution in [1.82, 2.24) is 15.2 Å². The van der Waals surface area contributed by atoms with E-state index in [0.29, 0.717) is 11.8 Å². The predicted octanol–water partition coefficient (Wildman–Crippen LogP) is 6.32. The summed E-state index contributed by atoms with van der Waals surface area (Å²) in [5, 5.41) is 7.18. The van der Waals surface area contributed by atoms with Crippen LogP contribution in [-0.2, 0) is 6.42 Å². The number of nitrogens with two attached hydrogens (primary N) is 1. The number of allylic oxidation sites excluding steroid dienone is 3. The summed E-state index contributed by atoms with van der Waals surface area (Å²) in [6.45, 7) is 12.7. The Morgan fingerprint density at radius 2 is 1.80 bits per heavy atom. The third kappa shape index (κ3) is 9.68. The molecule has 1 aromatic heterocycles. The van der Waals surface area contributed by atoms with Gasteiger partial charge in [0.2, 0.25) is 0 Å². The number of aromatic amines is 1. The largest absolute Gasteiger partial charge is 0.400 e. The van der Waals surface area contributed by atoms with Crippen LogP contribution < -0.4 is 5.73 Å². The summed E-state index contributed by atoms with van der Waals surface area (Å²) in [5.41, 5.74) is 8.74. The van der Waals surface area contributed by atoms with Gasteiger partial charge in [-0.05, 0) is 37.2 Å². The molecule has 0 saturated carbocycles. The van der Waals surface area contributed by atoms with E-state index in [0.717, 1.165) is 54.3 Å². The van der Waals surface area contributed by atoms with Crippen LogP contribution in [0.3, 0.4) is 0 Å². The van der Waals surface area contributed by atoms with Crippen LogP contribution in [0.2, 0.25) is 0 Å². The zero-order valence-corrected chi connectivity index (χ0v) is 19.5. The summed E-state index contributed by atoms with van der Waals surface area (Å²) in [7, 11) is 0. The molecule has 2 aromatic rings. The van der Waals surface area contributed by atoms with E-state index in [1.165, 1.54) is 0 Å². The maximum absolute atomic E-state index is 5.81. The molecule has 3 rings (SSSR count). The van der Waals surface area contributed by atoms with Crippen molar-refractivity contribution in [2.45, 2.75) is 67.2 Å². The molecular weight excluding hydrogens is 370 g/mol. The van der Waals surface area contributed by atoms with Gasteiger partial charge in [-0.2, -0.15) is 5.10 Å². The van der Waals surface area contributed by atoms with Crippen LogP contribution in [0.1, 0.15) is 66.6 Å². The standard InChI is InChI=1S/C12H15N3.C11H18N2.C2H6/c1-9(2)8-11-13-12(15-14-11)10-6-4-3-5-7-10;1-9(2)7-8-13-11-6-4-3-5-10(11)12;1-2/h3-7,9H,8H2,1-2H3,(H,13,14,15);4,6,8-9H,3,5,7,12H2,1-2H3;1-2H3. The first-order chi connectivity index (χ1) is 14.5. The van der Waals surface area contributed by atoms with Crippen LogP contribution >= 0.6 is 0 Å². The van der Waals surface area contributed by atoms with Gasteiger partial charge in [-0.15, -0.1) is 0 Å². The van der Waals surface area contributed by atoms with E-state index in [1.54, 1.807) is 0 Å². The van der Waals surface area contributed by atoms with Crippen molar-refractivity contribution in [2.75, 3.05) is 0 Å². The molecule has 5 nitrogen and oxygen atoms in total. The van der Waals surface area contributed by atoms with Gasteiger partial charge >= 0.3 is 0 Å². The maximum atomic E-state index is 5.81. The van der Waals surface area contributed by atoms with E-state index >= 15 is 0 Å². The number of H-pyrrole nitrogens is 1. The summed E-state index contributed by atoms with van der Waals surface area (Å²) in [4.78, 5) is 8.80. The molecule has 0 bridgehead atoms. The lowest BCUT2D eigenvalue weighted by Gasteiger charge is -2.07. The lowest BCUT2D eigenvalue weighted by molar-refractivity contribution is 0.622. The second-order valence-corrected chi connectivity index (χ2v) is 7.86. The van der Waals surface area contributed by atoms with E-state index in [4.69, 9.17) is 5.73 Å². The summed E-state index contributed by atoms with van der Waals surface area (Å²) in [6.07, 6.45) is 10.1. The van der Waals surface area contributed by atoms with Gasteiger partial charge in [0.15, 0.2) is 5.82 Å². The number of aliphatic imine (C=N–C) groups is 1. The highest BCUT2D eigenvalue weighted by atomic mass is 15.2. The molecule has 30 heavy (non-hydrogen) atoms. The number of rotatable bonds is 6. The molecule has 0 saturated heterocycles. The van der Waals surface area contributed by atoms with E-state index in [-0.39, 0.29) is 0 Å². The van der Waals surface area contributed by atoms with E-state index in [9.17, 15) is 0 Å². The monoisotopic (exact) mass is 409 g/mol. The van der Waals surface area contributed by atoms with Crippen LogP contribution in [0.25, 0.3) is 11.4 Å². The summed E-state index contributed by atoms with van der Waals surface area (Å²) in [5.74, 6) is 3.01. The molecule has 0 spiro atoms. The van der Waals surface area contributed by atoms with Crippen LogP contribution in [-0.4, -0.2) is 21.4 Å². The Hall–Kier alpha value is -2.69. The molecule has 3 N–H and O–H groups in total. The third-order valence-electron chi connectivity index (χ3n) is 4.16. The Morgan fingerprint density at radius 1 is 1.10 bits per heavy atom. The minimum absolute atomic E-state index is 0.599. The van der Waals surface area contributed by atoms with Gasteiger partial charge in [0.25, 0.3) is 0 Å². The molecule has 1 aliphatic carbocycles. The van der Waals surface area contributed by atoms with Crippen LogP contribution in [0.5, 0.6) is 0 Å². The topological polar surface area (TPSA) is 79.9 Å². The second kappa shape index (κ2) is 14.3. The molecule has 0 aliphatic heterocycles. The summed E-state index contributed by atoms with van der Waals surface area (Å²) < 4.78 is 0. The molecule has 0 atom stereocenters. The number of nitrogens with one attached hydrogen (secondary N) is 1. The molecular formula is C25H39N5. The van der Waals surface area contributed by atoms with Crippen molar-refractivity contribution in [3.63, 3.8) is 0 Å². The highest BCUT2D eigenvalue weighted by Gasteiger charge is 2.06. The maximum Gasteiger partial charge on any atom is 0.181 e. The van der Waals surface area contributed by atoms with Gasteiger partial charge in [-0.1, -0.05) is 78.0 Å². The van der Waals surface area contributed by atoms with Crippen molar-refractivity contribution in [1.29, 1.82) is 0 Å². The molecule has 1 heterocycles. The highest BCUT2D eigenvalue weighted by molar-refractivity contribution is 5.60. The number of hydrogen-bond acceptors (Lipinski definition) is 4. The Labute approximate surface area is 182 Å². The molecule has 1 aliphatic rings. The van der Waals surface area contributed by atoms with Gasteiger partial charge in [0.05, 0.1) is 5.70 Å². The first-order valence-electron chi connectivity index (χ1n) is 11.1. The minimum Gasteiger partial charge on any atom is -0.400 e. The second-order valence-electron chi connectivity index (χ2n) is 7.86. The van der Waals surface area contributed by atoms with Crippen molar-refractivity contribution in [3.05, 3.63) is 59.7 Å². The third-order valence-corrected chi connectivity index (χ3v) is 4.16. The fourth-order valence-corrected chi connectivity index (χ4v) is 2.65. The average molecular weight is 410 g/mol. The average Bonchev–Trinajstić information content (AvgIpc) is 3.20. The zero-order chi connectivity index (χ0) is 22.4. The van der Waals surface area contributed by atoms with Crippen LogP contribution in [0, 0.1) is 11.8 Å². The fraction of sp³-hybridized carbons (Fsp3) is 0.480. The molecule has 5 heteroatoms. The Kier molecular flexibility index (Phi) is 12.1. The lowest BCUT2D eigenvalue weighted by atomic mass is 10.1. The van der Waals surface area contributed by atoms with Gasteiger partial charge in [0, 0.05) is 23.9 Å². The first kappa shape index (κ1) is 25.3. The van der Waals surface area contributed by atoms with E-state index < -0.39 is 0 Å². The van der Waals surface area contributed by atoms with Gasteiger partial charge in [-0.3, -0.25) is 10.1 Å². The predicted molar refractivity (Wildman–Crippen MR) is 129 cm³/mol.